The fourth-order valence-electron chi connectivity index (χ4n) is 2.54. The first-order valence-electron chi connectivity index (χ1n) is 7.36. The van der Waals surface area contributed by atoms with Crippen molar-refractivity contribution in [3.05, 3.63) is 65.7 Å². The maximum atomic E-state index is 12.9. The molecule has 24 heavy (non-hydrogen) atoms. The van der Waals surface area contributed by atoms with Gasteiger partial charge in [-0.25, -0.2) is 4.79 Å². The summed E-state index contributed by atoms with van der Waals surface area (Å²) >= 11 is 1.46. The molecule has 0 radical (unpaired) electrons. The number of rotatable bonds is 2. The molecular formula is C17H15F3N2OS. The van der Waals surface area contributed by atoms with Crippen molar-refractivity contribution in [2.45, 2.75) is 11.6 Å². The summed E-state index contributed by atoms with van der Waals surface area (Å²) in [7, 11) is 0. The van der Waals surface area contributed by atoms with Gasteiger partial charge >= 0.3 is 12.2 Å². The Bertz CT molecular complexity index is 721. The molecule has 2 aromatic carbocycles. The molecule has 1 heterocycles. The lowest BCUT2D eigenvalue weighted by atomic mass is 10.1. The van der Waals surface area contributed by atoms with Gasteiger partial charge in [-0.1, -0.05) is 30.3 Å². The Morgan fingerprint density at radius 2 is 1.88 bits per heavy atom. The van der Waals surface area contributed by atoms with Gasteiger partial charge in [0, 0.05) is 18.0 Å². The van der Waals surface area contributed by atoms with Crippen LogP contribution < -0.4 is 5.32 Å². The summed E-state index contributed by atoms with van der Waals surface area (Å²) in [5, 5.41) is 2.36. The molecule has 0 aliphatic carbocycles. The predicted molar refractivity (Wildman–Crippen MR) is 88.8 cm³/mol. The summed E-state index contributed by atoms with van der Waals surface area (Å²) < 4.78 is 38.7. The van der Waals surface area contributed by atoms with Crippen molar-refractivity contribution in [1.82, 2.24) is 4.90 Å². The van der Waals surface area contributed by atoms with E-state index in [1.165, 1.54) is 17.8 Å². The van der Waals surface area contributed by atoms with Crippen LogP contribution in [0.1, 0.15) is 16.5 Å². The van der Waals surface area contributed by atoms with Gasteiger partial charge in [-0.2, -0.15) is 13.2 Å². The van der Waals surface area contributed by atoms with E-state index in [1.54, 1.807) is 35.2 Å². The molecule has 1 atom stereocenters. The molecule has 3 rings (SSSR count). The zero-order valence-corrected chi connectivity index (χ0v) is 13.4. The van der Waals surface area contributed by atoms with E-state index >= 15 is 0 Å². The monoisotopic (exact) mass is 352 g/mol. The lowest BCUT2D eigenvalue weighted by Crippen LogP contribution is -2.34. The van der Waals surface area contributed by atoms with Crippen LogP contribution >= 0.6 is 11.8 Å². The number of carbonyl (C=O) groups excluding carboxylic acids is 1. The molecule has 1 aliphatic rings. The number of urea groups is 1. The van der Waals surface area contributed by atoms with Gasteiger partial charge in [-0.15, -0.1) is 11.8 Å². The molecule has 2 amide bonds. The van der Waals surface area contributed by atoms with Crippen molar-refractivity contribution >= 4 is 23.5 Å². The molecule has 0 bridgehead atoms. The zero-order chi connectivity index (χ0) is 17.2. The first kappa shape index (κ1) is 16.7. The number of halogens is 3. The predicted octanol–water partition coefficient (Wildman–Crippen LogP) is 4.98. The molecule has 0 unspecified atom stereocenters. The zero-order valence-electron chi connectivity index (χ0n) is 12.6. The normalized spacial score (nSPS) is 17.8. The summed E-state index contributed by atoms with van der Waals surface area (Å²) in [6, 6.07) is 13.8. The van der Waals surface area contributed by atoms with Crippen LogP contribution in [0.5, 0.6) is 0 Å². The van der Waals surface area contributed by atoms with E-state index in [0.717, 1.165) is 12.1 Å². The Labute approximate surface area is 141 Å². The SMILES string of the molecule is O=C(Nc1ccccc1)N1CCS[C@@H]1c1cccc(C(F)(F)F)c1. The van der Waals surface area contributed by atoms with E-state index < -0.39 is 17.1 Å². The molecule has 1 saturated heterocycles. The van der Waals surface area contributed by atoms with E-state index in [4.69, 9.17) is 0 Å². The van der Waals surface area contributed by atoms with Crippen molar-refractivity contribution < 1.29 is 18.0 Å². The average molecular weight is 352 g/mol. The highest BCUT2D eigenvalue weighted by molar-refractivity contribution is 7.99. The number of amides is 2. The highest BCUT2D eigenvalue weighted by Crippen LogP contribution is 2.40. The van der Waals surface area contributed by atoms with E-state index in [1.807, 2.05) is 6.07 Å². The Balaban J connectivity index is 1.79. The number of thioether (sulfide) groups is 1. The van der Waals surface area contributed by atoms with Gasteiger partial charge < -0.3 is 10.2 Å². The number of para-hydroxylation sites is 1. The highest BCUT2D eigenvalue weighted by Gasteiger charge is 2.34. The Morgan fingerprint density at radius 1 is 1.12 bits per heavy atom. The van der Waals surface area contributed by atoms with Crippen LogP contribution in [-0.4, -0.2) is 23.2 Å². The van der Waals surface area contributed by atoms with Crippen LogP contribution in [0.25, 0.3) is 0 Å². The third-order valence-electron chi connectivity index (χ3n) is 3.68. The van der Waals surface area contributed by atoms with Crippen LogP contribution in [0.15, 0.2) is 54.6 Å². The number of nitrogens with one attached hydrogen (secondary N) is 1. The third kappa shape index (κ3) is 3.67. The van der Waals surface area contributed by atoms with Crippen LogP contribution in [0.3, 0.4) is 0 Å². The van der Waals surface area contributed by atoms with Crippen molar-refractivity contribution in [3.8, 4) is 0 Å². The van der Waals surface area contributed by atoms with Crippen molar-refractivity contribution in [2.24, 2.45) is 0 Å². The largest absolute Gasteiger partial charge is 0.416 e. The van der Waals surface area contributed by atoms with Crippen molar-refractivity contribution in [3.63, 3.8) is 0 Å². The Morgan fingerprint density at radius 3 is 2.58 bits per heavy atom. The first-order chi connectivity index (χ1) is 11.4. The minimum atomic E-state index is -4.39. The average Bonchev–Trinajstić information content (AvgIpc) is 3.05. The number of carbonyl (C=O) groups is 1. The van der Waals surface area contributed by atoms with Gasteiger partial charge in [0.1, 0.15) is 5.37 Å². The summed E-state index contributed by atoms with van der Waals surface area (Å²) in [6.45, 7) is 0.490. The fraction of sp³-hybridized carbons (Fsp3) is 0.235. The molecular weight excluding hydrogens is 337 g/mol. The van der Waals surface area contributed by atoms with Crippen LogP contribution in [0.2, 0.25) is 0 Å². The third-order valence-corrected chi connectivity index (χ3v) is 4.94. The summed E-state index contributed by atoms with van der Waals surface area (Å²) in [6.07, 6.45) is -4.39. The van der Waals surface area contributed by atoms with Crippen LogP contribution in [-0.2, 0) is 6.18 Å². The maximum absolute atomic E-state index is 12.9. The number of hydrogen-bond donors (Lipinski definition) is 1. The van der Waals surface area contributed by atoms with E-state index in [-0.39, 0.29) is 6.03 Å². The van der Waals surface area contributed by atoms with Crippen molar-refractivity contribution in [1.29, 1.82) is 0 Å². The first-order valence-corrected chi connectivity index (χ1v) is 8.41. The fourth-order valence-corrected chi connectivity index (χ4v) is 3.79. The second-order valence-electron chi connectivity index (χ2n) is 5.34. The molecule has 7 heteroatoms. The summed E-state index contributed by atoms with van der Waals surface area (Å²) in [5.74, 6) is 0.684. The number of benzene rings is 2. The molecule has 0 saturated carbocycles. The number of hydrogen-bond acceptors (Lipinski definition) is 2. The number of nitrogens with zero attached hydrogens (tertiary/aromatic N) is 1. The Kier molecular flexibility index (Phi) is 4.71. The van der Waals surface area contributed by atoms with Crippen molar-refractivity contribution in [2.75, 3.05) is 17.6 Å². The van der Waals surface area contributed by atoms with Gasteiger partial charge in [-0.3, -0.25) is 0 Å². The minimum absolute atomic E-state index is 0.311. The second kappa shape index (κ2) is 6.76. The number of alkyl halides is 3. The van der Waals surface area contributed by atoms with Gasteiger partial charge in [0.05, 0.1) is 5.56 Å². The van der Waals surface area contributed by atoms with E-state index in [2.05, 4.69) is 5.32 Å². The molecule has 0 aromatic heterocycles. The molecule has 1 N–H and O–H groups in total. The summed E-state index contributed by atoms with van der Waals surface area (Å²) in [4.78, 5) is 14.0. The minimum Gasteiger partial charge on any atom is -0.308 e. The molecule has 0 spiro atoms. The lowest BCUT2D eigenvalue weighted by Gasteiger charge is -2.25. The summed E-state index contributed by atoms with van der Waals surface area (Å²) in [5.41, 5.74) is 0.439. The second-order valence-corrected chi connectivity index (χ2v) is 6.52. The number of anilines is 1. The smallest absolute Gasteiger partial charge is 0.308 e. The molecule has 3 nitrogen and oxygen atoms in total. The van der Waals surface area contributed by atoms with Gasteiger partial charge in [0.2, 0.25) is 0 Å². The molecule has 1 aliphatic heterocycles. The molecule has 126 valence electrons. The standard InChI is InChI=1S/C17H15F3N2OS/c18-17(19,20)13-6-4-5-12(11-13)15-22(9-10-24-15)16(23)21-14-7-2-1-3-8-14/h1-8,11,15H,9-10H2,(H,21,23)/t15-/m1/s1. The molecule has 2 aromatic rings. The Hall–Kier alpha value is -2.15. The quantitative estimate of drug-likeness (QED) is 0.826. The van der Waals surface area contributed by atoms with Gasteiger partial charge in [0.15, 0.2) is 0 Å². The topological polar surface area (TPSA) is 32.3 Å². The van der Waals surface area contributed by atoms with E-state index in [0.29, 0.717) is 23.5 Å². The lowest BCUT2D eigenvalue weighted by molar-refractivity contribution is -0.137. The van der Waals surface area contributed by atoms with Gasteiger partial charge in [-0.05, 0) is 29.8 Å². The molecule has 1 fully saturated rings. The maximum Gasteiger partial charge on any atom is 0.416 e. The highest BCUT2D eigenvalue weighted by atomic mass is 32.2. The van der Waals surface area contributed by atoms with Crippen LogP contribution in [0, 0.1) is 0 Å². The van der Waals surface area contributed by atoms with Gasteiger partial charge in [0.25, 0.3) is 0 Å². The van der Waals surface area contributed by atoms with Crippen LogP contribution in [0.4, 0.5) is 23.7 Å². The van der Waals surface area contributed by atoms with E-state index in [9.17, 15) is 18.0 Å².